The maximum absolute atomic E-state index is 13.0. The van der Waals surface area contributed by atoms with Gasteiger partial charge in [0, 0.05) is 13.1 Å². The molecule has 6 nitrogen and oxygen atoms in total. The number of aliphatic hydroxyl groups excluding tert-OH is 1. The van der Waals surface area contributed by atoms with Crippen molar-refractivity contribution in [1.29, 1.82) is 0 Å². The fraction of sp³-hybridized carbons (Fsp3) is 0.333. The lowest BCUT2D eigenvalue weighted by Crippen LogP contribution is -2.36. The van der Waals surface area contributed by atoms with Crippen LogP contribution in [-0.4, -0.2) is 53.8 Å². The molecule has 1 atom stereocenters. The lowest BCUT2D eigenvalue weighted by Gasteiger charge is -2.28. The Morgan fingerprint density at radius 2 is 1.93 bits per heavy atom. The molecule has 2 heterocycles. The summed E-state index contributed by atoms with van der Waals surface area (Å²) in [6.07, 6.45) is 4.39. The van der Waals surface area contributed by atoms with Gasteiger partial charge in [-0.25, -0.2) is 0 Å². The largest absolute Gasteiger partial charge is 0.503 e. The summed E-state index contributed by atoms with van der Waals surface area (Å²) in [5.41, 5.74) is 2.06. The number of ketones is 1. The van der Waals surface area contributed by atoms with E-state index in [0.717, 1.165) is 5.56 Å². The SMILES string of the molecule is CC(C)c1ccc(C2C(C(=O)C=Cc3ccco3)=C(O)C(=O)N2CCN(C)C)cc1. The van der Waals surface area contributed by atoms with Gasteiger partial charge in [0.15, 0.2) is 11.5 Å². The van der Waals surface area contributed by atoms with E-state index < -0.39 is 23.5 Å². The molecule has 1 N–H and O–H groups in total. The third-order valence-corrected chi connectivity index (χ3v) is 5.22. The topological polar surface area (TPSA) is 74.0 Å². The molecule has 1 aliphatic heterocycles. The molecule has 2 aromatic rings. The van der Waals surface area contributed by atoms with Crippen LogP contribution in [0.3, 0.4) is 0 Å². The summed E-state index contributed by atoms with van der Waals surface area (Å²) < 4.78 is 5.23. The number of hydrogen-bond acceptors (Lipinski definition) is 5. The Balaban J connectivity index is 1.98. The van der Waals surface area contributed by atoms with Crippen molar-refractivity contribution in [3.05, 3.63) is 77.0 Å². The lowest BCUT2D eigenvalue weighted by atomic mass is 9.93. The van der Waals surface area contributed by atoms with E-state index >= 15 is 0 Å². The van der Waals surface area contributed by atoms with Crippen LogP contribution in [0.4, 0.5) is 0 Å². The number of benzene rings is 1. The molecule has 158 valence electrons. The quantitative estimate of drug-likeness (QED) is 0.670. The van der Waals surface area contributed by atoms with Gasteiger partial charge in [0.05, 0.1) is 17.9 Å². The summed E-state index contributed by atoms with van der Waals surface area (Å²) in [6, 6.07) is 10.7. The Labute approximate surface area is 177 Å². The van der Waals surface area contributed by atoms with E-state index in [1.165, 1.54) is 24.0 Å². The van der Waals surface area contributed by atoms with E-state index in [0.29, 0.717) is 24.8 Å². The Morgan fingerprint density at radius 1 is 1.23 bits per heavy atom. The molecule has 6 heteroatoms. The first-order chi connectivity index (χ1) is 14.3. The van der Waals surface area contributed by atoms with E-state index in [4.69, 9.17) is 4.42 Å². The van der Waals surface area contributed by atoms with Crippen LogP contribution < -0.4 is 0 Å². The maximum Gasteiger partial charge on any atom is 0.290 e. The predicted molar refractivity (Wildman–Crippen MR) is 116 cm³/mol. The molecule has 0 aliphatic carbocycles. The number of furan rings is 1. The highest BCUT2D eigenvalue weighted by Gasteiger charge is 2.42. The third-order valence-electron chi connectivity index (χ3n) is 5.22. The smallest absolute Gasteiger partial charge is 0.290 e. The first-order valence-corrected chi connectivity index (χ1v) is 10.0. The van der Waals surface area contributed by atoms with Crippen molar-refractivity contribution in [1.82, 2.24) is 9.80 Å². The molecule has 0 saturated heterocycles. The first-order valence-electron chi connectivity index (χ1n) is 10.0. The molecule has 0 radical (unpaired) electrons. The zero-order valence-corrected chi connectivity index (χ0v) is 17.8. The van der Waals surface area contributed by atoms with Crippen LogP contribution >= 0.6 is 0 Å². The predicted octanol–water partition coefficient (Wildman–Crippen LogP) is 3.94. The molecule has 0 fully saturated rings. The number of amides is 1. The number of hydrogen-bond donors (Lipinski definition) is 1. The Kier molecular flexibility index (Phi) is 6.57. The zero-order valence-electron chi connectivity index (χ0n) is 17.8. The number of aliphatic hydroxyl groups is 1. The summed E-state index contributed by atoms with van der Waals surface area (Å²) in [6.45, 7) is 5.23. The van der Waals surface area contributed by atoms with Crippen molar-refractivity contribution in [2.45, 2.75) is 25.8 Å². The van der Waals surface area contributed by atoms with Crippen LogP contribution in [0.5, 0.6) is 0 Å². The molecule has 1 amide bonds. The molecule has 1 aromatic heterocycles. The van der Waals surface area contributed by atoms with Gasteiger partial charge in [0.2, 0.25) is 0 Å². The molecular formula is C24H28N2O4. The summed E-state index contributed by atoms with van der Waals surface area (Å²) in [7, 11) is 3.83. The second kappa shape index (κ2) is 9.13. The molecule has 0 bridgehead atoms. The standard InChI is InChI=1S/C24H28N2O4/c1-16(2)17-7-9-18(10-8-17)22-21(20(27)12-11-19-6-5-15-30-19)23(28)24(29)26(22)14-13-25(3)4/h5-12,15-16,22,28H,13-14H2,1-4H3. The fourth-order valence-electron chi connectivity index (χ4n) is 3.49. The van der Waals surface area contributed by atoms with Crippen LogP contribution in [0.2, 0.25) is 0 Å². The van der Waals surface area contributed by atoms with E-state index in [1.54, 1.807) is 17.0 Å². The van der Waals surface area contributed by atoms with Crippen LogP contribution in [0.1, 0.15) is 42.7 Å². The molecule has 0 saturated carbocycles. The van der Waals surface area contributed by atoms with E-state index in [1.807, 2.05) is 43.3 Å². The van der Waals surface area contributed by atoms with Gasteiger partial charge in [-0.05, 0) is 55.4 Å². The number of nitrogens with zero attached hydrogens (tertiary/aromatic N) is 2. The Bertz CT molecular complexity index is 954. The lowest BCUT2D eigenvalue weighted by molar-refractivity contribution is -0.129. The van der Waals surface area contributed by atoms with E-state index in [9.17, 15) is 14.7 Å². The summed E-state index contributed by atoms with van der Waals surface area (Å²) in [4.78, 5) is 29.4. The van der Waals surface area contributed by atoms with Crippen LogP contribution in [0.15, 0.2) is 64.5 Å². The minimum Gasteiger partial charge on any atom is -0.503 e. The minimum absolute atomic E-state index is 0.0962. The highest BCUT2D eigenvalue weighted by Crippen LogP contribution is 2.38. The van der Waals surface area contributed by atoms with Crippen LogP contribution in [0, 0.1) is 0 Å². The first kappa shape index (κ1) is 21.6. The second-order valence-corrected chi connectivity index (χ2v) is 8.00. The fourth-order valence-corrected chi connectivity index (χ4v) is 3.49. The van der Waals surface area contributed by atoms with E-state index in [2.05, 4.69) is 13.8 Å². The number of likely N-dealkylation sites (N-methyl/N-ethyl adjacent to an activating group) is 1. The Morgan fingerprint density at radius 3 is 2.50 bits per heavy atom. The molecule has 30 heavy (non-hydrogen) atoms. The van der Waals surface area contributed by atoms with Crippen molar-refractivity contribution < 1.29 is 19.1 Å². The number of allylic oxidation sites excluding steroid dienone is 1. The van der Waals surface area contributed by atoms with Gasteiger partial charge < -0.3 is 19.3 Å². The summed E-state index contributed by atoms with van der Waals surface area (Å²) in [5, 5.41) is 10.6. The average Bonchev–Trinajstić information content (AvgIpc) is 3.32. The summed E-state index contributed by atoms with van der Waals surface area (Å²) in [5.74, 6) is -0.529. The summed E-state index contributed by atoms with van der Waals surface area (Å²) >= 11 is 0. The second-order valence-electron chi connectivity index (χ2n) is 8.00. The monoisotopic (exact) mass is 408 g/mol. The maximum atomic E-state index is 13.0. The van der Waals surface area contributed by atoms with Gasteiger partial charge >= 0.3 is 0 Å². The van der Waals surface area contributed by atoms with Crippen molar-refractivity contribution in [3.8, 4) is 0 Å². The molecular weight excluding hydrogens is 380 g/mol. The molecule has 1 aromatic carbocycles. The van der Waals surface area contributed by atoms with Crippen LogP contribution in [-0.2, 0) is 9.59 Å². The van der Waals surface area contributed by atoms with Gasteiger partial charge in [-0.3, -0.25) is 9.59 Å². The molecule has 1 aliphatic rings. The third kappa shape index (κ3) is 4.54. The molecule has 1 unspecified atom stereocenters. The van der Waals surface area contributed by atoms with Crippen molar-refractivity contribution in [2.24, 2.45) is 0 Å². The number of carbonyl (C=O) groups is 2. The number of rotatable bonds is 8. The molecule has 0 spiro atoms. The van der Waals surface area contributed by atoms with Gasteiger partial charge in [0.1, 0.15) is 5.76 Å². The van der Waals surface area contributed by atoms with Crippen LogP contribution in [0.25, 0.3) is 6.08 Å². The highest BCUT2D eigenvalue weighted by atomic mass is 16.3. The van der Waals surface area contributed by atoms with Crippen molar-refractivity contribution in [3.63, 3.8) is 0 Å². The van der Waals surface area contributed by atoms with Gasteiger partial charge in [-0.15, -0.1) is 0 Å². The van der Waals surface area contributed by atoms with Gasteiger partial charge in [-0.1, -0.05) is 38.1 Å². The normalized spacial score (nSPS) is 17.2. The zero-order chi connectivity index (χ0) is 21.8. The minimum atomic E-state index is -0.632. The van der Waals surface area contributed by atoms with Crippen molar-refractivity contribution in [2.75, 3.05) is 27.2 Å². The average molecular weight is 408 g/mol. The highest BCUT2D eigenvalue weighted by molar-refractivity contribution is 6.14. The number of carbonyl (C=O) groups excluding carboxylic acids is 2. The molecule has 3 rings (SSSR count). The van der Waals surface area contributed by atoms with Gasteiger partial charge in [-0.2, -0.15) is 0 Å². The van der Waals surface area contributed by atoms with Crippen molar-refractivity contribution >= 4 is 17.8 Å². The van der Waals surface area contributed by atoms with E-state index in [-0.39, 0.29) is 5.57 Å². The Hall–Kier alpha value is -3.12. The van der Waals surface area contributed by atoms with Gasteiger partial charge in [0.25, 0.3) is 5.91 Å².